The summed E-state index contributed by atoms with van der Waals surface area (Å²) in [5, 5.41) is 21.9. The lowest BCUT2D eigenvalue weighted by atomic mass is 10.1. The Kier molecular flexibility index (Phi) is 9.88. The minimum atomic E-state index is -4.00. The van der Waals surface area contributed by atoms with Crippen molar-refractivity contribution in [1.82, 2.24) is 19.3 Å². The van der Waals surface area contributed by atoms with E-state index in [1.54, 1.807) is 37.2 Å². The van der Waals surface area contributed by atoms with Crippen LogP contribution in [-0.4, -0.2) is 92.8 Å². The number of carboxylic acid groups (broad SMARTS) is 1. The van der Waals surface area contributed by atoms with Gasteiger partial charge < -0.3 is 34.5 Å². The molecule has 0 radical (unpaired) electrons. The highest BCUT2D eigenvalue weighted by Crippen LogP contribution is 2.43. The summed E-state index contributed by atoms with van der Waals surface area (Å²) in [5.41, 5.74) is -1.19. The van der Waals surface area contributed by atoms with Gasteiger partial charge in [-0.3, -0.25) is 18.7 Å². The first kappa shape index (κ1) is 30.3. The van der Waals surface area contributed by atoms with Gasteiger partial charge in [0.15, 0.2) is 6.10 Å². The van der Waals surface area contributed by atoms with Crippen LogP contribution in [0.2, 0.25) is 0 Å². The SMILES string of the molecule is CC(C(=O)O)N(Oc1ccccc1)[PH](=O)OC[C@H]1O[C@@H](n2ccc(NC(=O)CN(C)C)nc2=O)C(F)(F)[C@@H]1O. The molecule has 14 nitrogen and oxygen atoms in total. The minimum Gasteiger partial charge on any atom is -0.480 e. The summed E-state index contributed by atoms with van der Waals surface area (Å²) in [6.45, 7) is 0.311. The fraction of sp³-hybridized carbons (Fsp3) is 0.455. The molecule has 2 heterocycles. The number of carbonyl (C=O) groups is 2. The number of anilines is 1. The summed E-state index contributed by atoms with van der Waals surface area (Å²) in [6.07, 6.45) is -5.63. The lowest BCUT2D eigenvalue weighted by molar-refractivity contribution is -0.148. The van der Waals surface area contributed by atoms with Crippen molar-refractivity contribution in [3.63, 3.8) is 0 Å². The Balaban J connectivity index is 1.71. The summed E-state index contributed by atoms with van der Waals surface area (Å²) < 4.78 is 53.3. The summed E-state index contributed by atoms with van der Waals surface area (Å²) >= 11 is 0. The molecule has 214 valence electrons. The molecule has 1 aliphatic heterocycles. The third kappa shape index (κ3) is 7.44. The number of hydrogen-bond acceptors (Lipinski definition) is 10. The van der Waals surface area contributed by atoms with E-state index in [4.69, 9.17) is 14.1 Å². The van der Waals surface area contributed by atoms with Crippen LogP contribution in [-0.2, 0) is 23.4 Å². The first-order valence-corrected chi connectivity index (χ1v) is 12.7. The molecular weight excluding hydrogens is 547 g/mol. The molecular formula is C22H28F2N5O9P. The zero-order valence-corrected chi connectivity index (χ0v) is 22.1. The van der Waals surface area contributed by atoms with Gasteiger partial charge in [-0.05, 0) is 39.2 Å². The number of aliphatic hydroxyl groups is 1. The number of alkyl halides is 2. The number of likely N-dealkylation sites (N-methyl/N-ethyl adjacent to an activating group) is 1. The predicted octanol–water partition coefficient (Wildman–Crippen LogP) is 0.812. The Morgan fingerprint density at radius 2 is 1.95 bits per heavy atom. The van der Waals surface area contributed by atoms with E-state index in [2.05, 4.69) is 10.3 Å². The number of nitrogens with one attached hydrogen (secondary N) is 1. The zero-order chi connectivity index (χ0) is 28.9. The Morgan fingerprint density at radius 3 is 2.54 bits per heavy atom. The van der Waals surface area contributed by atoms with Gasteiger partial charge >= 0.3 is 17.6 Å². The number of amides is 1. The minimum absolute atomic E-state index is 0.00928. The molecule has 2 aromatic rings. The second kappa shape index (κ2) is 12.7. The largest absolute Gasteiger partial charge is 0.480 e. The number of carbonyl (C=O) groups excluding carboxylic acids is 1. The summed E-state index contributed by atoms with van der Waals surface area (Å²) in [7, 11) is -0.219. The highest BCUT2D eigenvalue weighted by atomic mass is 31.1. The lowest BCUT2D eigenvalue weighted by Gasteiger charge is -2.25. The number of rotatable bonds is 12. The highest BCUT2D eigenvalue weighted by molar-refractivity contribution is 7.36. The number of carboxylic acids is 1. The van der Waals surface area contributed by atoms with Crippen LogP contribution in [0, 0.1) is 0 Å². The van der Waals surface area contributed by atoms with Gasteiger partial charge in [0, 0.05) is 6.20 Å². The third-order valence-corrected chi connectivity index (χ3v) is 6.65. The molecule has 1 fully saturated rings. The van der Waals surface area contributed by atoms with E-state index >= 15 is 0 Å². The van der Waals surface area contributed by atoms with Gasteiger partial charge in [0.05, 0.1) is 13.2 Å². The maximum atomic E-state index is 14.9. The molecule has 1 aromatic carbocycles. The van der Waals surface area contributed by atoms with Crippen LogP contribution in [0.4, 0.5) is 14.6 Å². The second-order valence-electron chi connectivity index (χ2n) is 8.76. The number of para-hydroxylation sites is 1. The quantitative estimate of drug-likeness (QED) is 0.241. The van der Waals surface area contributed by atoms with E-state index < -0.39 is 62.8 Å². The van der Waals surface area contributed by atoms with Crippen molar-refractivity contribution >= 4 is 25.9 Å². The van der Waals surface area contributed by atoms with E-state index in [9.17, 15) is 37.9 Å². The van der Waals surface area contributed by atoms with Crippen LogP contribution >= 0.6 is 8.18 Å². The van der Waals surface area contributed by atoms with Crippen LogP contribution in [0.5, 0.6) is 5.75 Å². The second-order valence-corrected chi connectivity index (χ2v) is 10.0. The Hall–Kier alpha value is -3.27. The Morgan fingerprint density at radius 1 is 1.28 bits per heavy atom. The molecule has 1 aromatic heterocycles. The van der Waals surface area contributed by atoms with Crippen LogP contribution in [0.25, 0.3) is 0 Å². The average molecular weight is 575 g/mol. The topological polar surface area (TPSA) is 173 Å². The lowest BCUT2D eigenvalue weighted by Crippen LogP contribution is -2.42. The molecule has 39 heavy (non-hydrogen) atoms. The summed E-state index contributed by atoms with van der Waals surface area (Å²) in [4.78, 5) is 46.8. The van der Waals surface area contributed by atoms with Crippen LogP contribution in [0.15, 0.2) is 47.4 Å². The van der Waals surface area contributed by atoms with E-state index in [0.717, 1.165) is 12.3 Å². The Bertz CT molecular complexity index is 1250. The van der Waals surface area contributed by atoms with Crippen molar-refractivity contribution in [2.75, 3.05) is 32.6 Å². The molecule has 2 unspecified atom stereocenters. The van der Waals surface area contributed by atoms with E-state index in [1.807, 2.05) is 0 Å². The van der Waals surface area contributed by atoms with E-state index in [1.165, 1.54) is 19.1 Å². The smallest absolute Gasteiger partial charge is 0.351 e. The summed E-state index contributed by atoms with van der Waals surface area (Å²) in [5.74, 6) is -5.92. The maximum Gasteiger partial charge on any atom is 0.351 e. The first-order valence-electron chi connectivity index (χ1n) is 11.5. The Labute approximate surface area is 221 Å². The number of aliphatic hydroxyl groups excluding tert-OH is 1. The molecule has 0 spiro atoms. The van der Waals surface area contributed by atoms with Gasteiger partial charge in [0.2, 0.25) is 12.1 Å². The molecule has 0 saturated carbocycles. The molecule has 0 aliphatic carbocycles. The van der Waals surface area contributed by atoms with Gasteiger partial charge in [0.25, 0.3) is 8.18 Å². The number of aliphatic carboxylic acids is 1. The number of hydrogen-bond donors (Lipinski definition) is 3. The predicted molar refractivity (Wildman–Crippen MR) is 132 cm³/mol. The molecule has 17 heteroatoms. The first-order chi connectivity index (χ1) is 18.3. The average Bonchev–Trinajstić information content (AvgIpc) is 3.09. The number of nitrogens with zero attached hydrogens (tertiary/aromatic N) is 4. The number of ether oxygens (including phenoxy) is 1. The molecule has 3 N–H and O–H groups in total. The number of hydroxylamine groups is 1. The van der Waals surface area contributed by atoms with Crippen molar-refractivity contribution < 1.29 is 47.2 Å². The fourth-order valence-electron chi connectivity index (χ4n) is 3.42. The van der Waals surface area contributed by atoms with Crippen molar-refractivity contribution in [2.45, 2.75) is 37.3 Å². The monoisotopic (exact) mass is 575 g/mol. The van der Waals surface area contributed by atoms with Crippen LogP contribution in [0.3, 0.4) is 0 Å². The normalized spacial score (nSPS) is 22.0. The molecule has 0 bridgehead atoms. The number of benzene rings is 1. The van der Waals surface area contributed by atoms with Gasteiger partial charge in [-0.2, -0.15) is 13.8 Å². The standard InChI is InChI=1S/C22H28F2N5O9P/c1-13(19(32)33)29(38-14-7-5-4-6-8-14)39(35)36-12-15-18(31)22(23,24)20(37-15)28-10-9-16(26-21(28)34)25-17(30)11-27(2)3/h4-10,13,15,18,20,31,39H,11-12H2,1-3H3,(H,32,33)(H,25,26,30,34)/t13?,15-,18-,20-/m1/s1. The van der Waals surface area contributed by atoms with Crippen molar-refractivity contribution in [2.24, 2.45) is 0 Å². The van der Waals surface area contributed by atoms with Gasteiger partial charge in [-0.1, -0.05) is 23.0 Å². The van der Waals surface area contributed by atoms with Crippen LogP contribution < -0.4 is 15.8 Å². The van der Waals surface area contributed by atoms with E-state index in [-0.39, 0.29) is 18.1 Å². The van der Waals surface area contributed by atoms with Crippen molar-refractivity contribution in [3.05, 3.63) is 53.1 Å². The molecule has 1 aliphatic rings. The molecule has 5 atom stereocenters. The van der Waals surface area contributed by atoms with Gasteiger partial charge in [-0.15, -0.1) is 0 Å². The van der Waals surface area contributed by atoms with Crippen molar-refractivity contribution in [1.29, 1.82) is 0 Å². The zero-order valence-electron chi connectivity index (χ0n) is 21.1. The molecule has 1 saturated heterocycles. The van der Waals surface area contributed by atoms with E-state index in [0.29, 0.717) is 9.40 Å². The molecule has 1 amide bonds. The third-order valence-electron chi connectivity index (χ3n) is 5.40. The molecule has 3 rings (SSSR count). The summed E-state index contributed by atoms with van der Waals surface area (Å²) in [6, 6.07) is 7.43. The maximum absolute atomic E-state index is 14.9. The number of halogens is 2. The van der Waals surface area contributed by atoms with Gasteiger partial charge in [0.1, 0.15) is 23.7 Å². The van der Waals surface area contributed by atoms with Crippen molar-refractivity contribution in [3.8, 4) is 5.75 Å². The van der Waals surface area contributed by atoms with Gasteiger partial charge in [-0.25, -0.2) is 4.79 Å². The highest BCUT2D eigenvalue weighted by Gasteiger charge is 2.60. The fourth-order valence-corrected chi connectivity index (χ4v) is 4.46. The van der Waals surface area contributed by atoms with Crippen LogP contribution in [0.1, 0.15) is 13.2 Å². The number of aromatic nitrogens is 2.